The van der Waals surface area contributed by atoms with Crippen LogP contribution in [0.15, 0.2) is 54.6 Å². The lowest BCUT2D eigenvalue weighted by molar-refractivity contribution is 0.102. The summed E-state index contributed by atoms with van der Waals surface area (Å²) >= 11 is 0. The second kappa shape index (κ2) is 10.2. The molecule has 0 saturated carbocycles. The molecule has 0 radical (unpaired) electrons. The van der Waals surface area contributed by atoms with Crippen molar-refractivity contribution >= 4 is 36.4 Å². The molecule has 0 fully saturated rings. The van der Waals surface area contributed by atoms with Crippen molar-refractivity contribution in [2.24, 2.45) is 5.84 Å². The molecule has 0 aliphatic rings. The van der Waals surface area contributed by atoms with Gasteiger partial charge in [0.2, 0.25) is 0 Å². The average molecular weight is 328 g/mol. The van der Waals surface area contributed by atoms with E-state index in [2.05, 4.69) is 10.7 Å². The molecule has 0 aromatic heterocycles. The predicted octanol–water partition coefficient (Wildman–Crippen LogP) is 2.79. The van der Waals surface area contributed by atoms with Crippen molar-refractivity contribution < 1.29 is 4.79 Å². The van der Waals surface area contributed by atoms with Crippen LogP contribution in [0.1, 0.15) is 15.9 Å². The number of benzene rings is 2. The number of halogens is 2. The number of anilines is 1. The minimum Gasteiger partial charge on any atom is -0.322 e. The lowest BCUT2D eigenvalue weighted by Crippen LogP contribution is -2.24. The summed E-state index contributed by atoms with van der Waals surface area (Å²) in [6.45, 7) is 0.732. The van der Waals surface area contributed by atoms with E-state index in [1.54, 1.807) is 12.1 Å². The fourth-order valence-corrected chi connectivity index (χ4v) is 1.76. The molecule has 6 heteroatoms. The molecule has 2 aromatic rings. The second-order valence-corrected chi connectivity index (χ2v) is 4.22. The standard InChI is InChI=1S/C15H17N3O.2ClH/c16-17-11-10-12-6-8-14(9-7-12)18-15(19)13-4-2-1-3-5-13;;/h1-9,17H,10-11,16H2,(H,18,19);2*1H. The van der Waals surface area contributed by atoms with Gasteiger partial charge in [0.1, 0.15) is 0 Å². The lowest BCUT2D eigenvalue weighted by atomic mass is 10.1. The summed E-state index contributed by atoms with van der Waals surface area (Å²) in [5, 5.41) is 2.86. The number of amides is 1. The normalized spacial score (nSPS) is 9.19. The van der Waals surface area contributed by atoms with Gasteiger partial charge >= 0.3 is 0 Å². The van der Waals surface area contributed by atoms with Crippen LogP contribution in [0.4, 0.5) is 5.69 Å². The van der Waals surface area contributed by atoms with E-state index in [4.69, 9.17) is 5.84 Å². The molecular formula is C15H19Cl2N3O. The molecular weight excluding hydrogens is 309 g/mol. The first-order chi connectivity index (χ1) is 9.29. The zero-order chi connectivity index (χ0) is 13.5. The maximum Gasteiger partial charge on any atom is 0.255 e. The van der Waals surface area contributed by atoms with E-state index in [0.717, 1.165) is 18.7 Å². The highest BCUT2D eigenvalue weighted by Crippen LogP contribution is 2.11. The van der Waals surface area contributed by atoms with Crippen LogP contribution in [-0.4, -0.2) is 12.5 Å². The first-order valence-corrected chi connectivity index (χ1v) is 6.18. The van der Waals surface area contributed by atoms with E-state index < -0.39 is 0 Å². The van der Waals surface area contributed by atoms with Gasteiger partial charge in [0.05, 0.1) is 0 Å². The number of hydrazine groups is 1. The van der Waals surface area contributed by atoms with Gasteiger partial charge < -0.3 is 5.32 Å². The molecule has 0 bridgehead atoms. The summed E-state index contributed by atoms with van der Waals surface area (Å²) in [6.07, 6.45) is 0.864. The minimum atomic E-state index is -0.100. The van der Waals surface area contributed by atoms with Gasteiger partial charge in [0.15, 0.2) is 0 Å². The van der Waals surface area contributed by atoms with Crippen molar-refractivity contribution in [3.05, 3.63) is 65.7 Å². The summed E-state index contributed by atoms with van der Waals surface area (Å²) in [7, 11) is 0. The smallest absolute Gasteiger partial charge is 0.255 e. The van der Waals surface area contributed by atoms with Crippen molar-refractivity contribution in [3.8, 4) is 0 Å². The summed E-state index contributed by atoms with van der Waals surface area (Å²) in [5.74, 6) is 5.13. The highest BCUT2D eigenvalue weighted by atomic mass is 35.5. The molecule has 0 aliphatic heterocycles. The maximum absolute atomic E-state index is 11.9. The van der Waals surface area contributed by atoms with Gasteiger partial charge in [-0.1, -0.05) is 30.3 Å². The summed E-state index contributed by atoms with van der Waals surface area (Å²) in [6, 6.07) is 16.9. The first kappa shape index (κ1) is 19.4. The minimum absolute atomic E-state index is 0. The van der Waals surface area contributed by atoms with Crippen molar-refractivity contribution in [1.29, 1.82) is 0 Å². The van der Waals surface area contributed by atoms with Crippen LogP contribution in [0.25, 0.3) is 0 Å². The van der Waals surface area contributed by atoms with Crippen molar-refractivity contribution in [2.45, 2.75) is 6.42 Å². The van der Waals surface area contributed by atoms with E-state index in [1.807, 2.05) is 42.5 Å². The highest BCUT2D eigenvalue weighted by Gasteiger charge is 2.04. The molecule has 2 aromatic carbocycles. The van der Waals surface area contributed by atoms with Crippen LogP contribution >= 0.6 is 24.8 Å². The molecule has 114 valence electrons. The lowest BCUT2D eigenvalue weighted by Gasteiger charge is -2.06. The molecule has 0 saturated heterocycles. The van der Waals surface area contributed by atoms with Crippen molar-refractivity contribution in [1.82, 2.24) is 5.43 Å². The van der Waals surface area contributed by atoms with E-state index >= 15 is 0 Å². The third-order valence-corrected chi connectivity index (χ3v) is 2.81. The molecule has 4 nitrogen and oxygen atoms in total. The Morgan fingerprint density at radius 3 is 2.14 bits per heavy atom. The number of hydrogen-bond acceptors (Lipinski definition) is 3. The van der Waals surface area contributed by atoms with Crippen LogP contribution < -0.4 is 16.6 Å². The van der Waals surface area contributed by atoms with Gasteiger partial charge in [-0.15, -0.1) is 24.8 Å². The van der Waals surface area contributed by atoms with Crippen LogP contribution in [0, 0.1) is 0 Å². The highest BCUT2D eigenvalue weighted by molar-refractivity contribution is 6.04. The zero-order valence-corrected chi connectivity index (χ0v) is 13.0. The quantitative estimate of drug-likeness (QED) is 0.584. The van der Waals surface area contributed by atoms with Gasteiger partial charge in [-0.05, 0) is 36.2 Å². The molecule has 0 unspecified atom stereocenters. The Bertz CT molecular complexity index is 532. The molecule has 0 heterocycles. The third-order valence-electron chi connectivity index (χ3n) is 2.81. The van der Waals surface area contributed by atoms with E-state index in [9.17, 15) is 4.79 Å². The largest absolute Gasteiger partial charge is 0.322 e. The molecule has 1 amide bonds. The van der Waals surface area contributed by atoms with E-state index in [-0.39, 0.29) is 30.7 Å². The Morgan fingerprint density at radius 1 is 0.952 bits per heavy atom. The number of nitrogens with one attached hydrogen (secondary N) is 2. The van der Waals surface area contributed by atoms with Crippen LogP contribution in [-0.2, 0) is 6.42 Å². The Hall–Kier alpha value is -1.59. The van der Waals surface area contributed by atoms with Crippen molar-refractivity contribution in [2.75, 3.05) is 11.9 Å². The number of hydrogen-bond donors (Lipinski definition) is 3. The van der Waals surface area contributed by atoms with Crippen molar-refractivity contribution in [3.63, 3.8) is 0 Å². The zero-order valence-electron chi connectivity index (χ0n) is 11.4. The van der Waals surface area contributed by atoms with Gasteiger partial charge in [0.25, 0.3) is 5.91 Å². The third kappa shape index (κ3) is 6.14. The maximum atomic E-state index is 11.9. The van der Waals surface area contributed by atoms with Gasteiger partial charge in [-0.25, -0.2) is 0 Å². The number of nitrogens with two attached hydrogens (primary N) is 1. The Kier molecular flexibility index (Phi) is 9.41. The number of rotatable bonds is 5. The Morgan fingerprint density at radius 2 is 1.57 bits per heavy atom. The molecule has 21 heavy (non-hydrogen) atoms. The fourth-order valence-electron chi connectivity index (χ4n) is 1.76. The van der Waals surface area contributed by atoms with E-state index in [1.165, 1.54) is 5.56 Å². The monoisotopic (exact) mass is 327 g/mol. The van der Waals surface area contributed by atoms with Gasteiger partial charge in [-0.3, -0.25) is 16.1 Å². The van der Waals surface area contributed by atoms with Gasteiger partial charge in [0, 0.05) is 17.8 Å². The number of carbonyl (C=O) groups excluding carboxylic acids is 1. The van der Waals surface area contributed by atoms with Crippen LogP contribution in [0.5, 0.6) is 0 Å². The number of carbonyl (C=O) groups is 1. The predicted molar refractivity (Wildman–Crippen MR) is 91.2 cm³/mol. The molecule has 2 rings (SSSR count). The molecule has 4 N–H and O–H groups in total. The first-order valence-electron chi connectivity index (χ1n) is 6.18. The van der Waals surface area contributed by atoms with E-state index in [0.29, 0.717) is 5.56 Å². The SMILES string of the molecule is Cl.Cl.NNCCc1ccc(NC(=O)c2ccccc2)cc1. The molecule has 0 spiro atoms. The molecule has 0 aliphatic carbocycles. The summed E-state index contributed by atoms with van der Waals surface area (Å²) in [4.78, 5) is 11.9. The van der Waals surface area contributed by atoms with Crippen LogP contribution in [0.2, 0.25) is 0 Å². The Balaban J connectivity index is 0.00000200. The summed E-state index contributed by atoms with van der Waals surface area (Å²) < 4.78 is 0. The average Bonchev–Trinajstić information content (AvgIpc) is 2.47. The topological polar surface area (TPSA) is 67.2 Å². The second-order valence-electron chi connectivity index (χ2n) is 4.22. The molecule has 0 atom stereocenters. The Labute approximate surface area is 136 Å². The van der Waals surface area contributed by atoms with Crippen LogP contribution in [0.3, 0.4) is 0 Å². The van der Waals surface area contributed by atoms with Gasteiger partial charge in [-0.2, -0.15) is 0 Å². The fraction of sp³-hybridized carbons (Fsp3) is 0.133. The summed E-state index contributed by atoms with van der Waals surface area (Å²) in [5.41, 5.74) is 5.23.